The highest BCUT2D eigenvalue weighted by Crippen LogP contribution is 2.19. The zero-order chi connectivity index (χ0) is 14.8. The minimum Gasteiger partial charge on any atom is -0.369 e. The molecule has 5 nitrogen and oxygen atoms in total. The third-order valence-electron chi connectivity index (χ3n) is 3.87. The average molecular weight is 283 g/mol. The highest BCUT2D eigenvalue weighted by Gasteiger charge is 2.30. The van der Waals surface area contributed by atoms with Gasteiger partial charge in [-0.1, -0.05) is 6.07 Å². The van der Waals surface area contributed by atoms with E-state index in [0.717, 1.165) is 5.69 Å². The molecule has 0 bridgehead atoms. The summed E-state index contributed by atoms with van der Waals surface area (Å²) in [5, 5.41) is 0. The first-order chi connectivity index (χ1) is 10.1. The van der Waals surface area contributed by atoms with Gasteiger partial charge in [0, 0.05) is 36.7 Å². The molecular weight excluding hydrogens is 266 g/mol. The van der Waals surface area contributed by atoms with Crippen molar-refractivity contribution in [1.29, 1.82) is 0 Å². The van der Waals surface area contributed by atoms with Gasteiger partial charge in [-0.25, -0.2) is 0 Å². The highest BCUT2D eigenvalue weighted by molar-refractivity contribution is 5.95. The smallest absolute Gasteiger partial charge is 0.253 e. The number of aromatic nitrogens is 1. The third kappa shape index (κ3) is 2.67. The van der Waals surface area contributed by atoms with E-state index in [1.165, 1.54) is 0 Å². The van der Waals surface area contributed by atoms with Crippen molar-refractivity contribution >= 4 is 11.8 Å². The largest absolute Gasteiger partial charge is 0.369 e. The number of hydrogen-bond donors (Lipinski definition) is 1. The van der Waals surface area contributed by atoms with Crippen LogP contribution in [0.4, 0.5) is 0 Å². The summed E-state index contributed by atoms with van der Waals surface area (Å²) < 4.78 is 1.95. The van der Waals surface area contributed by atoms with Crippen molar-refractivity contribution in [3.05, 3.63) is 54.4 Å². The van der Waals surface area contributed by atoms with Crippen LogP contribution in [0.5, 0.6) is 0 Å². The topological polar surface area (TPSA) is 68.3 Å². The van der Waals surface area contributed by atoms with Gasteiger partial charge in [-0.15, -0.1) is 0 Å². The minimum absolute atomic E-state index is 0.0484. The number of carbonyl (C=O) groups is 2. The molecule has 21 heavy (non-hydrogen) atoms. The van der Waals surface area contributed by atoms with Crippen LogP contribution in [0.15, 0.2) is 48.8 Å². The summed E-state index contributed by atoms with van der Waals surface area (Å²) in [6, 6.07) is 11.4. The fourth-order valence-corrected chi connectivity index (χ4v) is 2.67. The Bertz CT molecular complexity index is 664. The average Bonchev–Trinajstić information content (AvgIpc) is 3.18. The SMILES string of the molecule is NC(=O)[C@@H]1CCN(C(=O)c2cccc(-n3cccc3)c2)C1. The Balaban J connectivity index is 1.80. The Morgan fingerprint density at radius 2 is 1.90 bits per heavy atom. The maximum absolute atomic E-state index is 12.5. The predicted octanol–water partition coefficient (Wildman–Crippen LogP) is 1.42. The number of primary amides is 1. The molecule has 2 N–H and O–H groups in total. The van der Waals surface area contributed by atoms with Gasteiger partial charge in [0.15, 0.2) is 0 Å². The van der Waals surface area contributed by atoms with Crippen molar-refractivity contribution in [2.45, 2.75) is 6.42 Å². The molecule has 0 aliphatic carbocycles. The van der Waals surface area contributed by atoms with E-state index in [1.807, 2.05) is 47.3 Å². The molecule has 1 fully saturated rings. The maximum atomic E-state index is 12.5. The number of nitrogens with two attached hydrogens (primary N) is 1. The number of benzene rings is 1. The summed E-state index contributed by atoms with van der Waals surface area (Å²) in [6.07, 6.45) is 4.52. The van der Waals surface area contributed by atoms with Gasteiger partial charge in [-0.05, 0) is 36.8 Å². The molecule has 0 saturated carbocycles. The van der Waals surface area contributed by atoms with Crippen molar-refractivity contribution in [2.24, 2.45) is 11.7 Å². The summed E-state index contributed by atoms with van der Waals surface area (Å²) in [7, 11) is 0. The minimum atomic E-state index is -0.327. The Morgan fingerprint density at radius 3 is 2.57 bits per heavy atom. The van der Waals surface area contributed by atoms with Gasteiger partial charge in [-0.3, -0.25) is 9.59 Å². The van der Waals surface area contributed by atoms with E-state index in [-0.39, 0.29) is 17.7 Å². The second-order valence-corrected chi connectivity index (χ2v) is 5.28. The van der Waals surface area contributed by atoms with Gasteiger partial charge in [0.05, 0.1) is 5.92 Å². The fourth-order valence-electron chi connectivity index (χ4n) is 2.67. The second-order valence-electron chi connectivity index (χ2n) is 5.28. The van der Waals surface area contributed by atoms with Gasteiger partial charge >= 0.3 is 0 Å². The number of hydrogen-bond acceptors (Lipinski definition) is 2. The van der Waals surface area contributed by atoms with Crippen LogP contribution in [-0.2, 0) is 4.79 Å². The number of amides is 2. The normalized spacial score (nSPS) is 17.9. The van der Waals surface area contributed by atoms with Crippen LogP contribution in [0, 0.1) is 5.92 Å². The van der Waals surface area contributed by atoms with Crippen LogP contribution in [-0.4, -0.2) is 34.4 Å². The lowest BCUT2D eigenvalue weighted by Crippen LogP contribution is -2.31. The monoisotopic (exact) mass is 283 g/mol. The summed E-state index contributed by atoms with van der Waals surface area (Å²) in [5.41, 5.74) is 6.88. The Hall–Kier alpha value is -2.56. The van der Waals surface area contributed by atoms with Crippen molar-refractivity contribution in [3.8, 4) is 5.69 Å². The summed E-state index contributed by atoms with van der Waals surface area (Å²) in [4.78, 5) is 25.4. The highest BCUT2D eigenvalue weighted by atomic mass is 16.2. The van der Waals surface area contributed by atoms with Crippen molar-refractivity contribution in [2.75, 3.05) is 13.1 Å². The zero-order valence-electron chi connectivity index (χ0n) is 11.6. The second kappa shape index (κ2) is 5.44. The molecular formula is C16H17N3O2. The van der Waals surface area contributed by atoms with Crippen molar-refractivity contribution in [1.82, 2.24) is 9.47 Å². The Labute approximate surface area is 123 Å². The number of rotatable bonds is 3. The molecule has 0 radical (unpaired) electrons. The molecule has 1 atom stereocenters. The Kier molecular flexibility index (Phi) is 3.48. The summed E-state index contributed by atoms with van der Waals surface area (Å²) >= 11 is 0. The predicted molar refractivity (Wildman–Crippen MR) is 79.0 cm³/mol. The van der Waals surface area contributed by atoms with Gasteiger partial charge in [0.25, 0.3) is 5.91 Å². The quantitative estimate of drug-likeness (QED) is 0.925. The zero-order valence-corrected chi connectivity index (χ0v) is 11.6. The van der Waals surface area contributed by atoms with Gasteiger partial charge < -0.3 is 15.2 Å². The van der Waals surface area contributed by atoms with Crippen LogP contribution >= 0.6 is 0 Å². The van der Waals surface area contributed by atoms with Crippen molar-refractivity contribution < 1.29 is 9.59 Å². The molecule has 1 aliphatic rings. The van der Waals surface area contributed by atoms with Crippen LogP contribution in [0.2, 0.25) is 0 Å². The molecule has 2 amide bonds. The van der Waals surface area contributed by atoms with Crippen LogP contribution < -0.4 is 5.73 Å². The summed E-state index contributed by atoms with van der Waals surface area (Å²) in [6.45, 7) is 1.00. The lowest BCUT2D eigenvalue weighted by atomic mass is 10.1. The molecule has 1 aromatic carbocycles. The van der Waals surface area contributed by atoms with Crippen LogP contribution in [0.25, 0.3) is 5.69 Å². The van der Waals surface area contributed by atoms with Gasteiger partial charge in [0.1, 0.15) is 0 Å². The molecule has 0 unspecified atom stereocenters. The Morgan fingerprint density at radius 1 is 1.14 bits per heavy atom. The van der Waals surface area contributed by atoms with Crippen molar-refractivity contribution in [3.63, 3.8) is 0 Å². The van der Waals surface area contributed by atoms with Crippen LogP contribution in [0.1, 0.15) is 16.8 Å². The molecule has 3 rings (SSSR count). The number of carbonyl (C=O) groups excluding carboxylic acids is 2. The fraction of sp³-hybridized carbons (Fsp3) is 0.250. The first-order valence-electron chi connectivity index (χ1n) is 6.97. The molecule has 2 aromatic rings. The number of likely N-dealkylation sites (tertiary alicyclic amines) is 1. The van der Waals surface area contributed by atoms with E-state index >= 15 is 0 Å². The molecule has 0 spiro atoms. The molecule has 1 saturated heterocycles. The molecule has 1 aromatic heterocycles. The van der Waals surface area contributed by atoms with E-state index in [0.29, 0.717) is 25.1 Å². The third-order valence-corrected chi connectivity index (χ3v) is 3.87. The maximum Gasteiger partial charge on any atom is 0.253 e. The van der Waals surface area contributed by atoms with E-state index in [4.69, 9.17) is 5.73 Å². The van der Waals surface area contributed by atoms with E-state index in [2.05, 4.69) is 0 Å². The van der Waals surface area contributed by atoms with Crippen LogP contribution in [0.3, 0.4) is 0 Å². The standard InChI is InChI=1S/C16H17N3O2/c17-15(20)13-6-9-19(11-13)16(21)12-4-3-5-14(10-12)18-7-1-2-8-18/h1-5,7-8,10,13H,6,9,11H2,(H2,17,20)/t13-/m1/s1. The van der Waals surface area contributed by atoms with E-state index in [1.54, 1.807) is 11.0 Å². The molecule has 2 heterocycles. The summed E-state index contributed by atoms with van der Waals surface area (Å²) in [5.74, 6) is -0.597. The van der Waals surface area contributed by atoms with E-state index < -0.39 is 0 Å². The lowest BCUT2D eigenvalue weighted by molar-refractivity contribution is -0.121. The van der Waals surface area contributed by atoms with Gasteiger partial charge in [-0.2, -0.15) is 0 Å². The van der Waals surface area contributed by atoms with Gasteiger partial charge in [0.2, 0.25) is 5.91 Å². The van der Waals surface area contributed by atoms with E-state index in [9.17, 15) is 9.59 Å². The first kappa shape index (κ1) is 13.4. The number of nitrogens with zero attached hydrogens (tertiary/aromatic N) is 2. The molecule has 108 valence electrons. The first-order valence-corrected chi connectivity index (χ1v) is 6.97. The lowest BCUT2D eigenvalue weighted by Gasteiger charge is -2.16. The molecule has 1 aliphatic heterocycles. The molecule has 5 heteroatoms.